The topological polar surface area (TPSA) is 61.8 Å². The van der Waals surface area contributed by atoms with Crippen molar-refractivity contribution >= 4 is 17.7 Å². The number of carbonyl (C=O) groups is 2. The number of methoxy groups -OCH3 is 3. The lowest BCUT2D eigenvalue weighted by Crippen LogP contribution is -2.45. The van der Waals surface area contributed by atoms with Gasteiger partial charge in [-0.05, 0) is 43.1 Å². The summed E-state index contributed by atoms with van der Waals surface area (Å²) in [5, 5.41) is 0. The molecule has 2 aliphatic rings. The van der Waals surface area contributed by atoms with Gasteiger partial charge in [-0.3, -0.25) is 9.59 Å². The third kappa shape index (κ3) is 2.92. The summed E-state index contributed by atoms with van der Waals surface area (Å²) in [5.74, 6) is 0.227. The van der Waals surface area contributed by atoms with Crippen LogP contribution in [0.4, 0.5) is 0 Å². The fourth-order valence-electron chi connectivity index (χ4n) is 4.25. The highest BCUT2D eigenvalue weighted by atomic mass is 16.5. The highest BCUT2D eigenvalue weighted by Crippen LogP contribution is 2.67. The van der Waals surface area contributed by atoms with E-state index in [2.05, 4.69) is 6.08 Å². The number of rotatable bonds is 5. The van der Waals surface area contributed by atoms with E-state index < -0.39 is 17.4 Å². The second kappa shape index (κ2) is 6.54. The zero-order valence-electron chi connectivity index (χ0n) is 14.9. The monoisotopic (exact) mass is 344 g/mol. The van der Waals surface area contributed by atoms with Crippen LogP contribution in [0.25, 0.3) is 5.76 Å². The van der Waals surface area contributed by atoms with Crippen LogP contribution in [-0.2, 0) is 23.8 Å². The Labute approximate surface area is 148 Å². The molecule has 0 spiro atoms. The van der Waals surface area contributed by atoms with Crippen molar-refractivity contribution in [2.75, 3.05) is 21.3 Å². The van der Waals surface area contributed by atoms with Gasteiger partial charge < -0.3 is 14.2 Å². The first kappa shape index (κ1) is 17.5. The second-order valence-electron chi connectivity index (χ2n) is 6.99. The number of benzene rings is 1. The van der Waals surface area contributed by atoms with Crippen molar-refractivity contribution in [3.05, 3.63) is 42.0 Å². The van der Waals surface area contributed by atoms with Gasteiger partial charge in [0, 0.05) is 5.56 Å². The van der Waals surface area contributed by atoms with E-state index in [1.165, 1.54) is 14.2 Å². The Morgan fingerprint density at radius 1 is 1.04 bits per heavy atom. The van der Waals surface area contributed by atoms with E-state index >= 15 is 0 Å². The normalized spacial score (nSPS) is 27.0. The molecular formula is C20H24O5. The highest BCUT2D eigenvalue weighted by molar-refractivity contribution is 6.00. The Bertz CT molecular complexity index is 677. The summed E-state index contributed by atoms with van der Waals surface area (Å²) in [4.78, 5) is 24.9. The number of fused-ring (bicyclic) bond motifs is 1. The summed E-state index contributed by atoms with van der Waals surface area (Å²) in [6.07, 6.45) is 4.71. The molecule has 0 aliphatic heterocycles. The van der Waals surface area contributed by atoms with Crippen molar-refractivity contribution in [3.63, 3.8) is 0 Å². The fraction of sp³-hybridized carbons (Fsp3) is 0.500. The molecule has 1 aromatic rings. The van der Waals surface area contributed by atoms with Gasteiger partial charge in [-0.2, -0.15) is 0 Å². The van der Waals surface area contributed by atoms with E-state index in [-0.39, 0.29) is 5.41 Å². The molecule has 0 amide bonds. The molecule has 134 valence electrons. The van der Waals surface area contributed by atoms with Crippen LogP contribution in [0.2, 0.25) is 0 Å². The molecule has 0 N–H and O–H groups in total. The van der Waals surface area contributed by atoms with E-state index in [0.29, 0.717) is 18.8 Å². The van der Waals surface area contributed by atoms with E-state index in [1.54, 1.807) is 7.11 Å². The molecule has 0 bridgehead atoms. The van der Waals surface area contributed by atoms with Crippen LogP contribution in [0.5, 0.6) is 0 Å². The molecule has 0 radical (unpaired) electrons. The third-order valence-corrected chi connectivity index (χ3v) is 5.68. The van der Waals surface area contributed by atoms with Crippen molar-refractivity contribution in [1.82, 2.24) is 0 Å². The lowest BCUT2D eigenvalue weighted by molar-refractivity contribution is -0.172. The van der Waals surface area contributed by atoms with Gasteiger partial charge in [-0.1, -0.05) is 30.3 Å². The summed E-state index contributed by atoms with van der Waals surface area (Å²) in [6.45, 7) is 0. The summed E-state index contributed by atoms with van der Waals surface area (Å²) in [7, 11) is 4.28. The van der Waals surface area contributed by atoms with Crippen molar-refractivity contribution in [1.29, 1.82) is 0 Å². The smallest absolute Gasteiger partial charge is 0.323 e. The standard InChI is InChI=1S/C20H24O5/c1-23-16(14-7-5-4-6-8-14)12-19-11-15(19)9-10-20(13-19,17(21)24-2)18(22)25-3/h4-8,12,15H,9-11,13H2,1-3H3/b16-12+/t15-,19+/m0/s1. The molecule has 2 fully saturated rings. The quantitative estimate of drug-likeness (QED) is 0.466. The molecule has 0 heterocycles. The van der Waals surface area contributed by atoms with Gasteiger partial charge in [0.05, 0.1) is 21.3 Å². The van der Waals surface area contributed by atoms with Crippen molar-refractivity contribution in [2.45, 2.75) is 25.7 Å². The molecule has 2 saturated carbocycles. The van der Waals surface area contributed by atoms with Crippen LogP contribution < -0.4 is 0 Å². The molecule has 0 aromatic heterocycles. The lowest BCUT2D eigenvalue weighted by Gasteiger charge is -2.35. The van der Waals surface area contributed by atoms with Gasteiger partial charge in [-0.25, -0.2) is 0 Å². The molecule has 0 unspecified atom stereocenters. The molecule has 5 heteroatoms. The van der Waals surface area contributed by atoms with Crippen molar-refractivity contribution in [3.8, 4) is 0 Å². The van der Waals surface area contributed by atoms with Crippen LogP contribution in [0.3, 0.4) is 0 Å². The lowest BCUT2D eigenvalue weighted by atomic mass is 9.68. The minimum absolute atomic E-state index is 0.220. The van der Waals surface area contributed by atoms with Gasteiger partial charge in [0.2, 0.25) is 0 Å². The zero-order chi connectivity index (χ0) is 18.1. The Morgan fingerprint density at radius 2 is 1.68 bits per heavy atom. The first-order valence-electron chi connectivity index (χ1n) is 8.50. The van der Waals surface area contributed by atoms with Crippen LogP contribution in [0.15, 0.2) is 36.4 Å². The molecule has 25 heavy (non-hydrogen) atoms. The molecular weight excluding hydrogens is 320 g/mol. The Kier molecular flexibility index (Phi) is 4.58. The maximum Gasteiger partial charge on any atom is 0.323 e. The van der Waals surface area contributed by atoms with Crippen molar-refractivity contribution in [2.24, 2.45) is 16.7 Å². The number of allylic oxidation sites excluding steroid dienone is 1. The molecule has 1 aromatic carbocycles. The zero-order valence-corrected chi connectivity index (χ0v) is 14.9. The summed E-state index contributed by atoms with van der Waals surface area (Å²) >= 11 is 0. The molecule has 2 aliphatic carbocycles. The summed E-state index contributed by atoms with van der Waals surface area (Å²) in [5.41, 5.74) is -0.456. The van der Waals surface area contributed by atoms with Crippen LogP contribution in [-0.4, -0.2) is 33.3 Å². The van der Waals surface area contributed by atoms with Crippen molar-refractivity contribution < 1.29 is 23.8 Å². The largest absolute Gasteiger partial charge is 0.496 e. The van der Waals surface area contributed by atoms with Gasteiger partial charge in [0.1, 0.15) is 5.76 Å². The summed E-state index contributed by atoms with van der Waals surface area (Å²) in [6, 6.07) is 9.84. The highest BCUT2D eigenvalue weighted by Gasteiger charge is 2.65. The van der Waals surface area contributed by atoms with E-state index in [1.807, 2.05) is 30.3 Å². The van der Waals surface area contributed by atoms with E-state index in [4.69, 9.17) is 14.2 Å². The fourth-order valence-corrected chi connectivity index (χ4v) is 4.25. The number of hydrogen-bond donors (Lipinski definition) is 0. The first-order chi connectivity index (χ1) is 12.0. The average Bonchev–Trinajstić information content (AvgIpc) is 3.38. The predicted octanol–water partition coefficient (Wildman–Crippen LogP) is 3.20. The maximum absolute atomic E-state index is 12.4. The number of esters is 2. The van der Waals surface area contributed by atoms with Gasteiger partial charge in [-0.15, -0.1) is 0 Å². The average molecular weight is 344 g/mol. The van der Waals surface area contributed by atoms with E-state index in [9.17, 15) is 9.59 Å². The second-order valence-corrected chi connectivity index (χ2v) is 6.99. The minimum Gasteiger partial charge on any atom is -0.496 e. The van der Waals surface area contributed by atoms with Crippen LogP contribution in [0, 0.1) is 16.7 Å². The SMILES string of the molecule is COC(=O)C1(C(=O)OC)CC[C@H]2C[C@@]2(/C=C(/OC)c2ccccc2)C1. The first-order valence-corrected chi connectivity index (χ1v) is 8.50. The molecule has 0 saturated heterocycles. The maximum atomic E-state index is 12.4. The van der Waals surface area contributed by atoms with Gasteiger partial charge >= 0.3 is 11.9 Å². The van der Waals surface area contributed by atoms with Crippen LogP contribution >= 0.6 is 0 Å². The van der Waals surface area contributed by atoms with E-state index in [0.717, 1.165) is 24.2 Å². The third-order valence-electron chi connectivity index (χ3n) is 5.68. The Morgan fingerprint density at radius 3 is 2.24 bits per heavy atom. The van der Waals surface area contributed by atoms with Gasteiger partial charge in [0.15, 0.2) is 5.41 Å². The molecule has 5 nitrogen and oxygen atoms in total. The molecule has 2 atom stereocenters. The molecule has 3 rings (SSSR count). The number of hydrogen-bond acceptors (Lipinski definition) is 5. The Hall–Kier alpha value is -2.30. The predicted molar refractivity (Wildman–Crippen MR) is 92.3 cm³/mol. The van der Waals surface area contributed by atoms with Gasteiger partial charge in [0.25, 0.3) is 0 Å². The number of carbonyl (C=O) groups excluding carboxylic acids is 2. The number of ether oxygens (including phenoxy) is 3. The Balaban J connectivity index is 1.95. The minimum atomic E-state index is -1.22. The summed E-state index contributed by atoms with van der Waals surface area (Å²) < 4.78 is 15.5. The van der Waals surface area contributed by atoms with Crippen LogP contribution in [0.1, 0.15) is 31.2 Å².